The van der Waals surface area contributed by atoms with Crippen molar-refractivity contribution in [3.63, 3.8) is 0 Å². The van der Waals surface area contributed by atoms with E-state index < -0.39 is 17.5 Å². The first kappa shape index (κ1) is 17.2. The highest BCUT2D eigenvalue weighted by atomic mass is 19.1. The fourth-order valence-corrected chi connectivity index (χ4v) is 1.20. The van der Waals surface area contributed by atoms with Crippen LogP contribution in [0.4, 0.5) is 9.18 Å². The summed E-state index contributed by atoms with van der Waals surface area (Å²) >= 11 is 0. The minimum Gasteiger partial charge on any atom is -0.508 e. The number of carbonyl (C=O) groups is 1. The first-order valence-corrected chi connectivity index (χ1v) is 5.81. The van der Waals surface area contributed by atoms with Gasteiger partial charge in [0.2, 0.25) is 0 Å². The molecule has 108 valence electrons. The minimum atomic E-state index is -0.725. The molecule has 1 amide bonds. The summed E-state index contributed by atoms with van der Waals surface area (Å²) in [4.78, 5) is 10.0. The minimum absolute atomic E-state index is 0.0525. The van der Waals surface area contributed by atoms with Crippen LogP contribution in [0.25, 0.3) is 0 Å². The highest BCUT2D eigenvalue weighted by molar-refractivity contribution is 5.65. The fourth-order valence-electron chi connectivity index (χ4n) is 1.20. The van der Waals surface area contributed by atoms with Crippen LogP contribution < -0.4 is 11.5 Å². The zero-order chi connectivity index (χ0) is 15.1. The number of halogens is 1. The molecule has 5 nitrogen and oxygen atoms in total. The third kappa shape index (κ3) is 8.84. The van der Waals surface area contributed by atoms with Crippen molar-refractivity contribution in [1.82, 2.24) is 0 Å². The van der Waals surface area contributed by atoms with Crippen LogP contribution in [0.2, 0.25) is 0 Å². The number of ether oxygens (including phenoxy) is 1. The van der Waals surface area contributed by atoms with Gasteiger partial charge in [-0.3, -0.25) is 0 Å². The highest BCUT2D eigenvalue weighted by Gasteiger charge is 2.12. The third-order valence-corrected chi connectivity index (χ3v) is 1.86. The van der Waals surface area contributed by atoms with Gasteiger partial charge in [0, 0.05) is 6.07 Å². The second kappa shape index (κ2) is 7.58. The maximum atomic E-state index is 12.8. The first-order valence-electron chi connectivity index (χ1n) is 5.81. The molecule has 1 rings (SSSR count). The molecule has 0 bridgehead atoms. The van der Waals surface area contributed by atoms with Gasteiger partial charge in [0.1, 0.15) is 17.2 Å². The number of aromatic hydroxyl groups is 1. The van der Waals surface area contributed by atoms with E-state index in [1.807, 2.05) is 0 Å². The Morgan fingerprint density at radius 2 is 2.00 bits per heavy atom. The lowest BCUT2D eigenvalue weighted by Gasteiger charge is -2.16. The van der Waals surface area contributed by atoms with Gasteiger partial charge in [-0.25, -0.2) is 9.18 Å². The first-order chi connectivity index (χ1) is 8.65. The molecule has 0 saturated heterocycles. The van der Waals surface area contributed by atoms with Crippen molar-refractivity contribution in [2.24, 2.45) is 11.5 Å². The molecule has 0 spiro atoms. The maximum absolute atomic E-state index is 12.8. The van der Waals surface area contributed by atoms with Gasteiger partial charge in [0.05, 0.1) is 0 Å². The molecule has 5 N–H and O–H groups in total. The van der Waals surface area contributed by atoms with Crippen molar-refractivity contribution < 1.29 is 19.0 Å². The van der Waals surface area contributed by atoms with E-state index in [0.29, 0.717) is 18.5 Å². The molecule has 0 aliphatic rings. The number of hydrogen-bond acceptors (Lipinski definition) is 4. The van der Waals surface area contributed by atoms with Gasteiger partial charge in [0.15, 0.2) is 0 Å². The summed E-state index contributed by atoms with van der Waals surface area (Å²) in [5.74, 6) is -0.446. The lowest BCUT2D eigenvalue weighted by atomic mass is 10.1. The average molecular weight is 272 g/mol. The van der Waals surface area contributed by atoms with Gasteiger partial charge < -0.3 is 21.3 Å². The van der Waals surface area contributed by atoms with Crippen LogP contribution in [0.15, 0.2) is 18.2 Å². The van der Waals surface area contributed by atoms with Crippen molar-refractivity contribution in [3.05, 3.63) is 29.6 Å². The van der Waals surface area contributed by atoms with E-state index in [1.54, 1.807) is 20.8 Å². The van der Waals surface area contributed by atoms with E-state index in [-0.39, 0.29) is 5.75 Å². The summed E-state index contributed by atoms with van der Waals surface area (Å²) < 4.78 is 17.4. The Bertz CT molecular complexity index is 417. The lowest BCUT2D eigenvalue weighted by molar-refractivity contribution is 0.0600. The van der Waals surface area contributed by atoms with Gasteiger partial charge >= 0.3 is 6.09 Å². The maximum Gasteiger partial charge on any atom is 0.405 e. The number of phenolic OH excluding ortho intramolecular Hbond substituents is 1. The standard InChI is InChI=1S/C8H10FNO.C5H11NO2/c9-8-5-7(11)2-1-6(8)3-4-10;1-5(2,3)8-4(6)7/h1-2,5,11H,3-4,10H2;1-3H3,(H2,6,7). The zero-order valence-electron chi connectivity index (χ0n) is 11.4. The van der Waals surface area contributed by atoms with E-state index >= 15 is 0 Å². The summed E-state index contributed by atoms with van der Waals surface area (Å²) in [7, 11) is 0. The number of benzene rings is 1. The zero-order valence-corrected chi connectivity index (χ0v) is 11.4. The molecule has 1 aromatic rings. The largest absolute Gasteiger partial charge is 0.508 e. The summed E-state index contributed by atoms with van der Waals surface area (Å²) in [6, 6.07) is 4.08. The molecule has 0 atom stereocenters. The molecule has 0 fully saturated rings. The third-order valence-electron chi connectivity index (χ3n) is 1.86. The highest BCUT2D eigenvalue weighted by Crippen LogP contribution is 2.14. The topological polar surface area (TPSA) is 98.6 Å². The van der Waals surface area contributed by atoms with Crippen LogP contribution in [0.3, 0.4) is 0 Å². The molecule has 0 heterocycles. The average Bonchev–Trinajstić information content (AvgIpc) is 2.19. The van der Waals surface area contributed by atoms with Crippen molar-refractivity contribution in [2.45, 2.75) is 32.8 Å². The van der Waals surface area contributed by atoms with Crippen LogP contribution in [0, 0.1) is 5.82 Å². The molecule has 6 heteroatoms. The van der Waals surface area contributed by atoms with Crippen molar-refractivity contribution in [1.29, 1.82) is 0 Å². The molecule has 0 aliphatic carbocycles. The Balaban J connectivity index is 0.000000362. The second-order valence-corrected chi connectivity index (χ2v) is 4.85. The Kier molecular flexibility index (Phi) is 6.85. The Morgan fingerprint density at radius 3 is 2.32 bits per heavy atom. The summed E-state index contributed by atoms with van der Waals surface area (Å²) in [6.07, 6.45) is -0.218. The number of amides is 1. The monoisotopic (exact) mass is 272 g/mol. The number of phenols is 1. The molecular formula is C13H21FN2O3. The number of nitrogens with two attached hydrogens (primary N) is 2. The Hall–Kier alpha value is -1.82. The summed E-state index contributed by atoms with van der Waals surface area (Å²) in [5, 5.41) is 8.83. The number of hydrogen-bond donors (Lipinski definition) is 3. The van der Waals surface area contributed by atoms with E-state index in [0.717, 1.165) is 6.07 Å². The van der Waals surface area contributed by atoms with Crippen LogP contribution >= 0.6 is 0 Å². The molecule has 0 aliphatic heterocycles. The number of primary amides is 1. The Morgan fingerprint density at radius 1 is 1.42 bits per heavy atom. The van der Waals surface area contributed by atoms with Gasteiger partial charge in [-0.15, -0.1) is 0 Å². The normalized spacial score (nSPS) is 10.4. The number of rotatable bonds is 2. The quantitative estimate of drug-likeness (QED) is 0.765. The van der Waals surface area contributed by atoms with Crippen LogP contribution in [0.1, 0.15) is 26.3 Å². The van der Waals surface area contributed by atoms with Gasteiger partial charge in [0.25, 0.3) is 0 Å². The lowest BCUT2D eigenvalue weighted by Crippen LogP contribution is -2.27. The molecule has 0 unspecified atom stereocenters. The summed E-state index contributed by atoms with van der Waals surface area (Å²) in [6.45, 7) is 5.70. The predicted octanol–water partition coefficient (Wildman–Crippen LogP) is 1.91. The van der Waals surface area contributed by atoms with E-state index in [9.17, 15) is 9.18 Å². The Labute approximate surface area is 112 Å². The smallest absolute Gasteiger partial charge is 0.405 e. The van der Waals surface area contributed by atoms with Gasteiger partial charge in [-0.2, -0.15) is 0 Å². The van der Waals surface area contributed by atoms with Crippen LogP contribution in [-0.4, -0.2) is 23.3 Å². The molecule has 19 heavy (non-hydrogen) atoms. The van der Waals surface area contributed by atoms with Crippen molar-refractivity contribution >= 4 is 6.09 Å². The van der Waals surface area contributed by atoms with Gasteiger partial charge in [-0.1, -0.05) is 6.07 Å². The predicted molar refractivity (Wildman–Crippen MR) is 71.2 cm³/mol. The molecule has 1 aromatic carbocycles. The van der Waals surface area contributed by atoms with Crippen molar-refractivity contribution in [3.8, 4) is 5.75 Å². The molecule has 0 saturated carbocycles. The van der Waals surface area contributed by atoms with E-state index in [1.165, 1.54) is 12.1 Å². The van der Waals surface area contributed by atoms with Crippen LogP contribution in [0.5, 0.6) is 5.75 Å². The fraction of sp³-hybridized carbons (Fsp3) is 0.462. The summed E-state index contributed by atoms with van der Waals surface area (Å²) in [5.41, 5.74) is 10.0. The van der Waals surface area contributed by atoms with Crippen molar-refractivity contribution in [2.75, 3.05) is 6.54 Å². The van der Waals surface area contributed by atoms with E-state index in [4.69, 9.17) is 16.6 Å². The second-order valence-electron chi connectivity index (χ2n) is 4.85. The van der Waals surface area contributed by atoms with Crippen LogP contribution in [-0.2, 0) is 11.2 Å². The van der Waals surface area contributed by atoms with E-state index in [2.05, 4.69) is 4.74 Å². The molecular weight excluding hydrogens is 251 g/mol. The molecule has 0 aromatic heterocycles. The molecule has 0 radical (unpaired) electrons. The number of carbonyl (C=O) groups excluding carboxylic acids is 1. The van der Waals surface area contributed by atoms with Gasteiger partial charge in [-0.05, 0) is 45.4 Å². The SMILES string of the molecule is CC(C)(C)OC(N)=O.NCCc1ccc(O)cc1F.